The normalized spacial score (nSPS) is 25.1. The van der Waals surface area contributed by atoms with E-state index in [2.05, 4.69) is 31.9 Å². The number of fused-ring (bicyclic) bond motifs is 1. The third-order valence-electron chi connectivity index (χ3n) is 6.50. The maximum atomic E-state index is 13.7. The van der Waals surface area contributed by atoms with Gasteiger partial charge in [0, 0.05) is 15.2 Å². The van der Waals surface area contributed by atoms with Crippen LogP contribution in [0.1, 0.15) is 46.0 Å². The second-order valence-electron chi connectivity index (χ2n) is 8.74. The van der Waals surface area contributed by atoms with Gasteiger partial charge in [-0.05, 0) is 38.8 Å². The predicted molar refractivity (Wildman–Crippen MR) is 136 cm³/mol. The highest BCUT2D eigenvalue weighted by molar-refractivity contribution is 9.12. The fraction of sp³-hybridized carbons (Fsp3) is 0.360. The van der Waals surface area contributed by atoms with Crippen LogP contribution in [-0.2, 0) is 9.59 Å². The molecule has 2 aromatic rings. The topological polar surface area (TPSA) is 74.8 Å². The van der Waals surface area contributed by atoms with Crippen LogP contribution in [-0.4, -0.2) is 49.2 Å². The van der Waals surface area contributed by atoms with Gasteiger partial charge in [-0.15, -0.1) is 0 Å². The number of halogens is 3. The zero-order valence-corrected chi connectivity index (χ0v) is 22.5. The summed E-state index contributed by atoms with van der Waals surface area (Å²) in [4.78, 5) is 54.2. The standard InChI is InChI=1S/C25H23Br2ClN2O4/c1-13-7-9-15(10-8-13)22(31)14(2)29(23(32)16-5-3-4-6-21(16)28)30-24(33)17-11-19(26)20(27)12-18(17)25(30)34/h3-10,14,17-20H,11-12H2,1-2H3/t14-,17+,18+,19-,20-/m0/s1. The quantitative estimate of drug-likeness (QED) is 0.265. The van der Waals surface area contributed by atoms with Gasteiger partial charge in [0.05, 0.1) is 22.4 Å². The van der Waals surface area contributed by atoms with Crippen LogP contribution in [0.4, 0.5) is 0 Å². The highest BCUT2D eigenvalue weighted by Crippen LogP contribution is 2.44. The molecular formula is C25H23Br2ClN2O4. The Morgan fingerprint density at radius 1 is 0.971 bits per heavy atom. The van der Waals surface area contributed by atoms with Gasteiger partial charge in [0.2, 0.25) is 0 Å². The van der Waals surface area contributed by atoms with Crippen molar-refractivity contribution in [2.45, 2.75) is 42.4 Å². The molecule has 3 amide bonds. The number of imide groups is 1. The summed E-state index contributed by atoms with van der Waals surface area (Å²) in [5.74, 6) is -3.12. The number of carbonyl (C=O) groups excluding carboxylic acids is 4. The van der Waals surface area contributed by atoms with Crippen molar-refractivity contribution in [1.29, 1.82) is 0 Å². The number of amides is 3. The largest absolute Gasteiger partial charge is 0.292 e. The molecule has 1 saturated heterocycles. The molecule has 178 valence electrons. The summed E-state index contributed by atoms with van der Waals surface area (Å²) in [6.45, 7) is 3.43. The van der Waals surface area contributed by atoms with E-state index in [1.54, 1.807) is 42.5 Å². The first-order chi connectivity index (χ1) is 16.1. The number of hydrogen-bond acceptors (Lipinski definition) is 4. The summed E-state index contributed by atoms with van der Waals surface area (Å²) in [5, 5.41) is 2.06. The van der Waals surface area contributed by atoms with E-state index in [9.17, 15) is 19.2 Å². The Labute approximate surface area is 219 Å². The molecule has 5 atom stereocenters. The lowest BCUT2D eigenvalue weighted by atomic mass is 9.81. The van der Waals surface area contributed by atoms with Gasteiger partial charge in [0.15, 0.2) is 5.78 Å². The molecule has 0 radical (unpaired) electrons. The highest BCUT2D eigenvalue weighted by Gasteiger charge is 2.55. The van der Waals surface area contributed by atoms with Gasteiger partial charge in [-0.3, -0.25) is 19.2 Å². The maximum absolute atomic E-state index is 13.7. The molecule has 9 heteroatoms. The van der Waals surface area contributed by atoms with E-state index in [-0.39, 0.29) is 26.0 Å². The number of ketones is 1. The summed E-state index contributed by atoms with van der Waals surface area (Å²) in [5.41, 5.74) is 1.48. The Bertz CT molecular complexity index is 1130. The summed E-state index contributed by atoms with van der Waals surface area (Å²) < 4.78 is 0. The minimum absolute atomic E-state index is 0.0183. The first-order valence-electron chi connectivity index (χ1n) is 11.0. The lowest BCUT2D eigenvalue weighted by Crippen LogP contribution is -2.56. The molecule has 1 aliphatic heterocycles. The predicted octanol–water partition coefficient (Wildman–Crippen LogP) is 5.20. The smallest absolute Gasteiger partial charge is 0.275 e. The summed E-state index contributed by atoms with van der Waals surface area (Å²) in [7, 11) is 0. The number of alkyl halides is 2. The van der Waals surface area contributed by atoms with Gasteiger partial charge in [0.25, 0.3) is 17.7 Å². The first kappa shape index (κ1) is 25.1. The molecule has 0 bridgehead atoms. The van der Waals surface area contributed by atoms with Crippen LogP contribution in [0.15, 0.2) is 48.5 Å². The van der Waals surface area contributed by atoms with Crippen molar-refractivity contribution in [3.05, 3.63) is 70.2 Å². The monoisotopic (exact) mass is 608 g/mol. The van der Waals surface area contributed by atoms with Crippen molar-refractivity contribution in [3.63, 3.8) is 0 Å². The van der Waals surface area contributed by atoms with Crippen molar-refractivity contribution in [3.8, 4) is 0 Å². The molecule has 2 aliphatic rings. The van der Waals surface area contributed by atoms with Gasteiger partial charge in [0.1, 0.15) is 6.04 Å². The molecule has 0 N–H and O–H groups in total. The van der Waals surface area contributed by atoms with Crippen molar-refractivity contribution in [2.75, 3.05) is 0 Å². The summed E-state index contributed by atoms with van der Waals surface area (Å²) in [6.07, 6.45) is 0.909. The van der Waals surface area contributed by atoms with Crippen molar-refractivity contribution >= 4 is 67.0 Å². The van der Waals surface area contributed by atoms with Crippen LogP contribution in [0.2, 0.25) is 5.02 Å². The van der Waals surface area contributed by atoms with Gasteiger partial charge in [-0.25, -0.2) is 5.01 Å². The number of carbonyl (C=O) groups is 4. The van der Waals surface area contributed by atoms with E-state index in [0.717, 1.165) is 15.6 Å². The molecule has 0 unspecified atom stereocenters. The van der Waals surface area contributed by atoms with Gasteiger partial charge in [-0.2, -0.15) is 5.01 Å². The van der Waals surface area contributed by atoms with Crippen molar-refractivity contribution < 1.29 is 19.2 Å². The molecular weight excluding hydrogens is 588 g/mol. The second kappa shape index (κ2) is 9.91. The molecule has 2 aromatic carbocycles. The SMILES string of the molecule is Cc1ccc(C(=O)[C@H](C)N(C(=O)c2ccccc2Cl)N2C(=O)[C@@H]3C[C@H](Br)[C@@H](Br)C[C@H]3C2=O)cc1. The van der Waals surface area contributed by atoms with Crippen LogP contribution >= 0.6 is 43.5 Å². The molecule has 34 heavy (non-hydrogen) atoms. The Morgan fingerprint density at radius 2 is 1.50 bits per heavy atom. The van der Waals surface area contributed by atoms with E-state index in [1.807, 2.05) is 6.92 Å². The Morgan fingerprint density at radius 3 is 2.03 bits per heavy atom. The number of hydrogen-bond donors (Lipinski definition) is 0. The molecule has 6 nitrogen and oxygen atoms in total. The van der Waals surface area contributed by atoms with Gasteiger partial charge < -0.3 is 0 Å². The van der Waals surface area contributed by atoms with Crippen LogP contribution in [0.5, 0.6) is 0 Å². The Hall–Kier alpha value is -2.03. The first-order valence-corrected chi connectivity index (χ1v) is 13.2. The Balaban J connectivity index is 1.76. The van der Waals surface area contributed by atoms with Crippen LogP contribution in [0, 0.1) is 18.8 Å². The Kier molecular flexibility index (Phi) is 7.31. The van der Waals surface area contributed by atoms with E-state index < -0.39 is 35.6 Å². The summed E-state index contributed by atoms with van der Waals surface area (Å²) >= 11 is 13.4. The number of aryl methyl sites for hydroxylation is 1. The maximum Gasteiger partial charge on any atom is 0.275 e. The lowest BCUT2D eigenvalue weighted by molar-refractivity contribution is -0.156. The molecule has 4 rings (SSSR count). The average Bonchev–Trinajstić information content (AvgIpc) is 3.04. The van der Waals surface area contributed by atoms with E-state index >= 15 is 0 Å². The zero-order chi connectivity index (χ0) is 24.7. The van der Waals surface area contributed by atoms with Crippen LogP contribution in [0.3, 0.4) is 0 Å². The number of Topliss-reactive ketones (excluding diaryl/α,β-unsaturated/α-hetero) is 1. The van der Waals surface area contributed by atoms with Crippen LogP contribution in [0.25, 0.3) is 0 Å². The molecule has 0 spiro atoms. The van der Waals surface area contributed by atoms with E-state index in [4.69, 9.17) is 11.6 Å². The average molecular weight is 611 g/mol. The molecule has 1 heterocycles. The minimum Gasteiger partial charge on any atom is -0.292 e. The van der Waals surface area contributed by atoms with E-state index in [0.29, 0.717) is 18.4 Å². The van der Waals surface area contributed by atoms with Crippen molar-refractivity contribution in [2.24, 2.45) is 11.8 Å². The third kappa shape index (κ3) is 4.48. The van der Waals surface area contributed by atoms with Crippen molar-refractivity contribution in [1.82, 2.24) is 10.0 Å². The minimum atomic E-state index is -1.11. The number of rotatable bonds is 5. The molecule has 1 aliphatic carbocycles. The third-order valence-corrected chi connectivity index (χ3v) is 9.56. The van der Waals surface area contributed by atoms with Gasteiger partial charge in [-0.1, -0.05) is 85.4 Å². The number of hydrazine groups is 1. The second-order valence-corrected chi connectivity index (χ2v) is 11.5. The summed E-state index contributed by atoms with van der Waals surface area (Å²) in [6, 6.07) is 12.2. The number of nitrogens with zero attached hydrogens (tertiary/aromatic N) is 2. The lowest BCUT2D eigenvalue weighted by Gasteiger charge is -2.35. The highest BCUT2D eigenvalue weighted by atomic mass is 79.9. The zero-order valence-electron chi connectivity index (χ0n) is 18.6. The van der Waals surface area contributed by atoms with E-state index in [1.165, 1.54) is 13.0 Å². The fourth-order valence-corrected chi connectivity index (χ4v) is 6.01. The molecule has 2 fully saturated rings. The molecule has 1 saturated carbocycles. The molecule has 0 aromatic heterocycles. The van der Waals surface area contributed by atoms with Gasteiger partial charge >= 0.3 is 0 Å². The fourth-order valence-electron chi connectivity index (χ4n) is 4.56. The van der Waals surface area contributed by atoms with Crippen LogP contribution < -0.4 is 0 Å². The number of benzene rings is 2.